The van der Waals surface area contributed by atoms with E-state index >= 15 is 0 Å². The summed E-state index contributed by atoms with van der Waals surface area (Å²) < 4.78 is 25.6. The van der Waals surface area contributed by atoms with Gasteiger partial charge in [-0.2, -0.15) is 5.26 Å². The Bertz CT molecular complexity index is 1610. The van der Waals surface area contributed by atoms with Gasteiger partial charge in [-0.3, -0.25) is 9.79 Å². The zero-order valence-corrected chi connectivity index (χ0v) is 23.5. The second-order valence-electron chi connectivity index (χ2n) is 10.1. The second-order valence-corrected chi connectivity index (χ2v) is 10.5. The molecule has 5 rings (SSSR count). The number of nitrogens with one attached hydrogen (secondary N) is 1. The van der Waals surface area contributed by atoms with E-state index in [1.807, 2.05) is 12.1 Å². The number of carbonyl (C=O) groups is 1. The lowest BCUT2D eigenvalue weighted by molar-refractivity contribution is -0.127. The van der Waals surface area contributed by atoms with Crippen LogP contribution in [-0.2, 0) is 9.53 Å². The molecule has 10 nitrogen and oxygen atoms in total. The van der Waals surface area contributed by atoms with Crippen molar-refractivity contribution in [2.45, 2.75) is 30.9 Å². The number of ether oxygens (including phenoxy) is 2. The molecule has 42 heavy (non-hydrogen) atoms. The normalized spacial score (nSPS) is 17.1. The summed E-state index contributed by atoms with van der Waals surface area (Å²) in [5.74, 6) is 0.360. The number of halogens is 2. The van der Waals surface area contributed by atoms with Crippen LogP contribution in [0.2, 0.25) is 5.02 Å². The Morgan fingerprint density at radius 2 is 2.12 bits per heavy atom. The van der Waals surface area contributed by atoms with Crippen molar-refractivity contribution in [1.29, 1.82) is 5.26 Å². The zero-order valence-electron chi connectivity index (χ0n) is 22.7. The summed E-state index contributed by atoms with van der Waals surface area (Å²) in [4.78, 5) is 27.4. The van der Waals surface area contributed by atoms with Gasteiger partial charge in [-0.1, -0.05) is 18.2 Å². The third-order valence-corrected chi connectivity index (χ3v) is 7.55. The minimum Gasteiger partial charge on any atom is -0.490 e. The van der Waals surface area contributed by atoms with Crippen LogP contribution < -0.4 is 15.8 Å². The van der Waals surface area contributed by atoms with Gasteiger partial charge in [0, 0.05) is 60.6 Å². The maximum Gasteiger partial charge on any atom is 0.245 e. The molecule has 1 amide bonds. The first-order valence-corrected chi connectivity index (χ1v) is 13.7. The van der Waals surface area contributed by atoms with Crippen molar-refractivity contribution >= 4 is 51.7 Å². The van der Waals surface area contributed by atoms with Crippen molar-refractivity contribution in [3.63, 3.8) is 0 Å². The monoisotopic (exact) mass is 589 g/mol. The van der Waals surface area contributed by atoms with Gasteiger partial charge in [-0.15, -0.1) is 0 Å². The SMILES string of the molecule is C=CC(=O)N1CCC(Oc2cc3c(Nc4ccc(F)c(Cl)c4)ncnc3cc2C(C=NC2(CC#N)COC2)=CN)CC1. The molecule has 216 valence electrons. The van der Waals surface area contributed by atoms with E-state index in [1.54, 1.807) is 17.2 Å². The molecule has 0 unspecified atom stereocenters. The number of carbonyl (C=O) groups excluding carboxylic acids is 1. The Kier molecular flexibility index (Phi) is 8.66. The number of piperidine rings is 1. The van der Waals surface area contributed by atoms with Gasteiger partial charge >= 0.3 is 0 Å². The zero-order chi connectivity index (χ0) is 29.7. The summed E-state index contributed by atoms with van der Waals surface area (Å²) >= 11 is 5.98. The Morgan fingerprint density at radius 3 is 2.76 bits per heavy atom. The average molecular weight is 590 g/mol. The Labute approximate surface area is 247 Å². The molecule has 2 aliphatic rings. The van der Waals surface area contributed by atoms with E-state index in [1.165, 1.54) is 30.7 Å². The minimum atomic E-state index is -0.610. The third-order valence-electron chi connectivity index (χ3n) is 7.26. The van der Waals surface area contributed by atoms with E-state index in [9.17, 15) is 14.4 Å². The number of anilines is 2. The molecule has 2 saturated heterocycles. The lowest BCUT2D eigenvalue weighted by Gasteiger charge is -2.35. The Morgan fingerprint density at radius 1 is 1.33 bits per heavy atom. The maximum absolute atomic E-state index is 13.7. The molecule has 3 N–H and O–H groups in total. The fourth-order valence-electron chi connectivity index (χ4n) is 4.84. The van der Waals surface area contributed by atoms with Crippen LogP contribution in [0.1, 0.15) is 24.8 Å². The number of likely N-dealkylation sites (tertiary alicyclic amines) is 1. The van der Waals surface area contributed by atoms with Gasteiger partial charge in [-0.05, 0) is 36.4 Å². The standard InChI is InChI=1S/C30H29ClFN7O3/c1-2-28(40)39-9-5-21(6-10-39)42-27-13-23-26(35-18-36-29(23)38-20-3-4-25(32)24(31)11-20)12-22(27)19(14-34)15-37-30(7-8-33)16-41-17-30/h2-4,11-15,18,21H,1,5-7,9-10,16-17,34H2,(H,35,36,38). The number of hydrogen-bond acceptors (Lipinski definition) is 9. The smallest absolute Gasteiger partial charge is 0.245 e. The van der Waals surface area contributed by atoms with Gasteiger partial charge < -0.3 is 25.4 Å². The number of aliphatic imine (C=N–C) groups is 1. The number of aromatic nitrogens is 2. The van der Waals surface area contributed by atoms with Crippen molar-refractivity contribution in [3.05, 3.63) is 71.9 Å². The quantitative estimate of drug-likeness (QED) is 0.269. The summed E-state index contributed by atoms with van der Waals surface area (Å²) in [5, 5.41) is 13.1. The minimum absolute atomic E-state index is 0.0195. The highest BCUT2D eigenvalue weighted by molar-refractivity contribution is 6.31. The van der Waals surface area contributed by atoms with Gasteiger partial charge in [0.2, 0.25) is 5.91 Å². The molecule has 12 heteroatoms. The number of hydrogen-bond donors (Lipinski definition) is 2. The summed E-state index contributed by atoms with van der Waals surface area (Å²) in [6.45, 7) is 5.36. The third kappa shape index (κ3) is 6.20. The van der Waals surface area contributed by atoms with Gasteiger partial charge in [-0.25, -0.2) is 14.4 Å². The van der Waals surface area contributed by atoms with E-state index in [0.717, 1.165) is 0 Å². The van der Waals surface area contributed by atoms with Crippen LogP contribution in [0.15, 0.2) is 60.5 Å². The van der Waals surface area contributed by atoms with Gasteiger partial charge in [0.1, 0.15) is 35.4 Å². The van der Waals surface area contributed by atoms with Crippen LogP contribution in [0.4, 0.5) is 15.9 Å². The van der Waals surface area contributed by atoms with Crippen molar-refractivity contribution < 1.29 is 18.7 Å². The van der Waals surface area contributed by atoms with Crippen molar-refractivity contribution in [2.24, 2.45) is 10.7 Å². The average Bonchev–Trinajstić information content (AvgIpc) is 2.98. The first kappa shape index (κ1) is 29.0. The summed E-state index contributed by atoms with van der Waals surface area (Å²) in [7, 11) is 0. The number of allylic oxidation sites excluding steroid dienone is 1. The molecule has 2 fully saturated rings. The van der Waals surface area contributed by atoms with Gasteiger partial charge in [0.05, 0.1) is 36.2 Å². The van der Waals surface area contributed by atoms with Crippen LogP contribution in [0.5, 0.6) is 5.75 Å². The molecule has 0 radical (unpaired) electrons. The molecular weight excluding hydrogens is 561 g/mol. The van der Waals surface area contributed by atoms with E-state index in [2.05, 4.69) is 32.9 Å². The lowest BCUT2D eigenvalue weighted by atomic mass is 9.94. The number of nitrogens with two attached hydrogens (primary N) is 1. The Balaban J connectivity index is 1.52. The van der Waals surface area contributed by atoms with Crippen LogP contribution >= 0.6 is 11.6 Å². The number of amides is 1. The highest BCUT2D eigenvalue weighted by Crippen LogP contribution is 2.36. The van der Waals surface area contributed by atoms with Gasteiger partial charge in [0.15, 0.2) is 0 Å². The predicted molar refractivity (Wildman–Crippen MR) is 159 cm³/mol. The molecule has 0 spiro atoms. The number of benzene rings is 2. The summed E-state index contributed by atoms with van der Waals surface area (Å²) in [6.07, 6.45) is 7.10. The molecule has 0 saturated carbocycles. The predicted octanol–water partition coefficient (Wildman–Crippen LogP) is 4.77. The maximum atomic E-state index is 13.7. The summed E-state index contributed by atoms with van der Waals surface area (Å²) in [5.41, 5.74) is 7.86. The fraction of sp³-hybridized carbons (Fsp3) is 0.300. The van der Waals surface area contributed by atoms with E-state index in [4.69, 9.17) is 26.8 Å². The number of nitrogens with zero attached hydrogens (tertiary/aromatic N) is 5. The molecule has 0 aliphatic carbocycles. The summed E-state index contributed by atoms with van der Waals surface area (Å²) in [6, 6.07) is 10.1. The van der Waals surface area contributed by atoms with E-state index in [0.29, 0.717) is 78.4 Å². The van der Waals surface area contributed by atoms with E-state index < -0.39 is 11.4 Å². The van der Waals surface area contributed by atoms with Crippen molar-refractivity contribution in [1.82, 2.24) is 14.9 Å². The molecule has 2 aliphatic heterocycles. The molecule has 2 aromatic carbocycles. The van der Waals surface area contributed by atoms with Crippen molar-refractivity contribution in [3.8, 4) is 11.8 Å². The van der Waals surface area contributed by atoms with Crippen LogP contribution in [-0.4, -0.2) is 64.9 Å². The highest BCUT2D eigenvalue weighted by atomic mass is 35.5. The Hall–Kier alpha value is -4.53. The molecular formula is C30H29ClFN7O3. The molecule has 3 heterocycles. The fourth-order valence-corrected chi connectivity index (χ4v) is 5.02. The topological polar surface area (TPSA) is 139 Å². The first-order valence-electron chi connectivity index (χ1n) is 13.4. The molecule has 0 bridgehead atoms. The second kappa shape index (κ2) is 12.5. The van der Waals surface area contributed by atoms with E-state index in [-0.39, 0.29) is 23.5 Å². The van der Waals surface area contributed by atoms with Crippen LogP contribution in [0.25, 0.3) is 16.5 Å². The lowest BCUT2D eigenvalue weighted by Crippen LogP contribution is -2.47. The van der Waals surface area contributed by atoms with Crippen molar-refractivity contribution in [2.75, 3.05) is 31.6 Å². The molecule has 0 atom stereocenters. The number of rotatable bonds is 9. The van der Waals surface area contributed by atoms with Gasteiger partial charge in [0.25, 0.3) is 0 Å². The van der Waals surface area contributed by atoms with Crippen LogP contribution in [0.3, 0.4) is 0 Å². The largest absolute Gasteiger partial charge is 0.490 e. The molecule has 3 aromatic rings. The van der Waals surface area contributed by atoms with Crippen LogP contribution in [0, 0.1) is 17.1 Å². The highest BCUT2D eigenvalue weighted by Gasteiger charge is 2.38. The number of nitriles is 1. The molecule has 1 aromatic heterocycles. The number of fused-ring (bicyclic) bond motifs is 1. The first-order chi connectivity index (χ1) is 20.3.